The van der Waals surface area contributed by atoms with E-state index < -0.39 is 12.6 Å². The highest BCUT2D eigenvalue weighted by atomic mass is 19.4. The SMILES string of the molecule is CC1CNCC1c1nc(CCC(F)(F)F)no1. The quantitative estimate of drug-likeness (QED) is 0.888. The van der Waals surface area contributed by atoms with E-state index in [2.05, 4.69) is 15.5 Å². The van der Waals surface area contributed by atoms with E-state index >= 15 is 0 Å². The van der Waals surface area contributed by atoms with Crippen molar-refractivity contribution in [2.45, 2.75) is 31.9 Å². The number of hydrogen-bond donors (Lipinski definition) is 1. The molecular weight excluding hydrogens is 235 g/mol. The Morgan fingerprint density at radius 1 is 1.41 bits per heavy atom. The van der Waals surface area contributed by atoms with Crippen LogP contribution < -0.4 is 5.32 Å². The standard InChI is InChI=1S/C10H14F3N3O/c1-6-4-14-5-7(6)9-15-8(16-17-9)2-3-10(11,12)13/h6-7,14H,2-5H2,1H3. The van der Waals surface area contributed by atoms with Crippen LogP contribution in [0.2, 0.25) is 0 Å². The lowest BCUT2D eigenvalue weighted by Gasteiger charge is -2.07. The summed E-state index contributed by atoms with van der Waals surface area (Å²) in [6.45, 7) is 3.65. The molecule has 0 bridgehead atoms. The third kappa shape index (κ3) is 3.18. The molecule has 1 aliphatic heterocycles. The van der Waals surface area contributed by atoms with Crippen molar-refractivity contribution in [1.29, 1.82) is 0 Å². The van der Waals surface area contributed by atoms with Crippen LogP contribution in [0.5, 0.6) is 0 Å². The van der Waals surface area contributed by atoms with Gasteiger partial charge in [-0.25, -0.2) is 0 Å². The highest BCUT2D eigenvalue weighted by Crippen LogP contribution is 2.27. The van der Waals surface area contributed by atoms with Gasteiger partial charge in [-0.2, -0.15) is 18.2 Å². The Balaban J connectivity index is 1.96. The average Bonchev–Trinajstić information content (AvgIpc) is 2.81. The largest absolute Gasteiger partial charge is 0.389 e. The van der Waals surface area contributed by atoms with E-state index in [1.165, 1.54) is 0 Å². The second-order valence-electron chi connectivity index (χ2n) is 4.41. The van der Waals surface area contributed by atoms with Crippen LogP contribution in [0, 0.1) is 5.92 Å². The Morgan fingerprint density at radius 2 is 2.18 bits per heavy atom. The molecule has 4 nitrogen and oxygen atoms in total. The molecule has 96 valence electrons. The van der Waals surface area contributed by atoms with Crippen LogP contribution in [0.1, 0.15) is 31.0 Å². The maximum atomic E-state index is 12.0. The molecule has 0 aliphatic carbocycles. The van der Waals surface area contributed by atoms with Crippen molar-refractivity contribution in [3.8, 4) is 0 Å². The zero-order valence-corrected chi connectivity index (χ0v) is 9.42. The van der Waals surface area contributed by atoms with Crippen molar-refractivity contribution >= 4 is 0 Å². The third-order valence-electron chi connectivity index (χ3n) is 2.95. The van der Waals surface area contributed by atoms with Crippen molar-refractivity contribution in [2.24, 2.45) is 5.92 Å². The molecule has 1 aromatic heterocycles. The zero-order valence-electron chi connectivity index (χ0n) is 9.42. The van der Waals surface area contributed by atoms with Crippen LogP contribution in [0.4, 0.5) is 13.2 Å². The number of halogens is 3. The van der Waals surface area contributed by atoms with Gasteiger partial charge in [-0.15, -0.1) is 0 Å². The van der Waals surface area contributed by atoms with E-state index in [1.54, 1.807) is 0 Å². The highest BCUT2D eigenvalue weighted by Gasteiger charge is 2.31. The van der Waals surface area contributed by atoms with E-state index in [0.717, 1.165) is 13.1 Å². The van der Waals surface area contributed by atoms with Crippen molar-refractivity contribution in [2.75, 3.05) is 13.1 Å². The van der Waals surface area contributed by atoms with Gasteiger partial charge in [-0.05, 0) is 12.5 Å². The fraction of sp³-hybridized carbons (Fsp3) is 0.800. The van der Waals surface area contributed by atoms with Crippen LogP contribution >= 0.6 is 0 Å². The first kappa shape index (κ1) is 12.3. The second kappa shape index (κ2) is 4.64. The first-order valence-electron chi connectivity index (χ1n) is 5.55. The molecule has 17 heavy (non-hydrogen) atoms. The van der Waals surface area contributed by atoms with E-state index in [-0.39, 0.29) is 18.2 Å². The van der Waals surface area contributed by atoms with Gasteiger partial charge in [0.25, 0.3) is 0 Å². The van der Waals surface area contributed by atoms with E-state index in [9.17, 15) is 13.2 Å². The molecule has 2 unspecified atom stereocenters. The van der Waals surface area contributed by atoms with Gasteiger partial charge in [0, 0.05) is 13.0 Å². The summed E-state index contributed by atoms with van der Waals surface area (Å²) in [6.07, 6.45) is -5.31. The lowest BCUT2D eigenvalue weighted by atomic mass is 9.98. The highest BCUT2D eigenvalue weighted by molar-refractivity contribution is 5.01. The first-order valence-corrected chi connectivity index (χ1v) is 5.55. The van der Waals surface area contributed by atoms with Gasteiger partial charge in [-0.1, -0.05) is 12.1 Å². The molecule has 2 heterocycles. The summed E-state index contributed by atoms with van der Waals surface area (Å²) in [4.78, 5) is 4.03. The minimum absolute atomic E-state index is 0.113. The summed E-state index contributed by atoms with van der Waals surface area (Å²) in [5, 5.41) is 6.76. The van der Waals surface area contributed by atoms with Gasteiger partial charge in [0.15, 0.2) is 5.82 Å². The van der Waals surface area contributed by atoms with Crippen molar-refractivity contribution in [3.63, 3.8) is 0 Å². The molecule has 0 spiro atoms. The fourth-order valence-corrected chi connectivity index (χ4v) is 1.91. The number of aryl methyl sites for hydroxylation is 1. The van der Waals surface area contributed by atoms with Crippen LogP contribution in [-0.2, 0) is 6.42 Å². The Hall–Kier alpha value is -1.11. The summed E-state index contributed by atoms with van der Waals surface area (Å²) in [5.74, 6) is 1.06. The molecule has 0 radical (unpaired) electrons. The Labute approximate surface area is 96.6 Å². The molecule has 2 atom stereocenters. The average molecular weight is 249 g/mol. The predicted molar refractivity (Wildman–Crippen MR) is 53.4 cm³/mol. The van der Waals surface area contributed by atoms with E-state index in [0.29, 0.717) is 11.8 Å². The Morgan fingerprint density at radius 3 is 2.76 bits per heavy atom. The van der Waals surface area contributed by atoms with Gasteiger partial charge in [0.05, 0.1) is 12.3 Å². The van der Waals surface area contributed by atoms with Crippen LogP contribution in [0.15, 0.2) is 4.52 Å². The summed E-state index contributed by atoms with van der Waals surface area (Å²) in [5.41, 5.74) is 0. The van der Waals surface area contributed by atoms with Gasteiger partial charge >= 0.3 is 6.18 Å². The second-order valence-corrected chi connectivity index (χ2v) is 4.41. The molecule has 2 rings (SSSR count). The van der Waals surface area contributed by atoms with Crippen LogP contribution in [0.25, 0.3) is 0 Å². The molecule has 0 amide bonds. The fourth-order valence-electron chi connectivity index (χ4n) is 1.91. The maximum Gasteiger partial charge on any atom is 0.389 e. The molecule has 7 heteroatoms. The molecule has 1 fully saturated rings. The van der Waals surface area contributed by atoms with Crippen LogP contribution in [0.3, 0.4) is 0 Å². The predicted octanol–water partition coefficient (Wildman–Crippen LogP) is 1.89. The number of hydrogen-bond acceptors (Lipinski definition) is 4. The summed E-state index contributed by atoms with van der Waals surface area (Å²) in [6, 6.07) is 0. The van der Waals surface area contributed by atoms with Crippen molar-refractivity contribution < 1.29 is 17.7 Å². The van der Waals surface area contributed by atoms with Gasteiger partial charge < -0.3 is 9.84 Å². The van der Waals surface area contributed by atoms with Crippen LogP contribution in [-0.4, -0.2) is 29.4 Å². The van der Waals surface area contributed by atoms with Crippen molar-refractivity contribution in [1.82, 2.24) is 15.5 Å². The lowest BCUT2D eigenvalue weighted by molar-refractivity contribution is -0.134. The number of nitrogens with one attached hydrogen (secondary N) is 1. The van der Waals surface area contributed by atoms with Crippen molar-refractivity contribution in [3.05, 3.63) is 11.7 Å². The molecular formula is C10H14F3N3O. The Kier molecular flexibility index (Phi) is 3.37. The first-order chi connectivity index (χ1) is 7.96. The number of aromatic nitrogens is 2. The summed E-state index contributed by atoms with van der Waals surface area (Å²) >= 11 is 0. The van der Waals surface area contributed by atoms with Gasteiger partial charge in [0.1, 0.15) is 0 Å². The topological polar surface area (TPSA) is 51.0 Å². The minimum Gasteiger partial charge on any atom is -0.339 e. The normalized spacial score (nSPS) is 25.4. The molecule has 1 aliphatic rings. The monoisotopic (exact) mass is 249 g/mol. The third-order valence-corrected chi connectivity index (χ3v) is 2.95. The minimum atomic E-state index is -4.18. The molecule has 1 aromatic rings. The number of alkyl halides is 3. The Bertz CT molecular complexity index is 377. The molecule has 1 saturated heterocycles. The van der Waals surface area contributed by atoms with Gasteiger partial charge in [0.2, 0.25) is 5.89 Å². The summed E-state index contributed by atoms with van der Waals surface area (Å²) < 4.78 is 41.1. The maximum absolute atomic E-state index is 12.0. The van der Waals surface area contributed by atoms with Gasteiger partial charge in [-0.3, -0.25) is 0 Å². The lowest BCUT2D eigenvalue weighted by Crippen LogP contribution is -2.10. The zero-order chi connectivity index (χ0) is 12.5. The molecule has 0 aromatic carbocycles. The number of nitrogens with zero attached hydrogens (tertiary/aromatic N) is 2. The van der Waals surface area contributed by atoms with E-state index in [1.807, 2.05) is 6.92 Å². The number of rotatable bonds is 3. The molecule has 1 N–H and O–H groups in total. The molecule has 0 saturated carbocycles. The summed E-state index contributed by atoms with van der Waals surface area (Å²) in [7, 11) is 0. The van der Waals surface area contributed by atoms with E-state index in [4.69, 9.17) is 4.52 Å². The smallest absolute Gasteiger partial charge is 0.339 e.